The van der Waals surface area contributed by atoms with Crippen molar-refractivity contribution in [2.45, 2.75) is 0 Å². The Morgan fingerprint density at radius 2 is 0.836 bits per heavy atom. The quantitative estimate of drug-likeness (QED) is 0.184. The van der Waals surface area contributed by atoms with Crippen LogP contribution in [0.3, 0.4) is 0 Å². The molecular formula is C50H29N5. The highest BCUT2D eigenvalue weighted by atomic mass is 15.1. The molecule has 3 heterocycles. The van der Waals surface area contributed by atoms with Crippen LogP contribution in [-0.4, -0.2) is 13.7 Å². The third-order valence-corrected chi connectivity index (χ3v) is 11.1. The van der Waals surface area contributed by atoms with Gasteiger partial charge in [0.1, 0.15) is 0 Å². The molecule has 0 radical (unpaired) electrons. The number of rotatable bonds is 4. The predicted molar refractivity (Wildman–Crippen MR) is 224 cm³/mol. The fourth-order valence-corrected chi connectivity index (χ4v) is 8.81. The number of nitriles is 2. The lowest BCUT2D eigenvalue weighted by molar-refractivity contribution is 1.13. The average Bonchev–Trinajstić information content (AvgIpc) is 3.89. The van der Waals surface area contributed by atoms with Crippen LogP contribution >= 0.6 is 0 Å². The average molecular weight is 700 g/mol. The molecule has 55 heavy (non-hydrogen) atoms. The number of benzene rings is 8. The largest absolute Gasteiger partial charge is 0.309 e. The van der Waals surface area contributed by atoms with Gasteiger partial charge in [0.05, 0.1) is 67.7 Å². The van der Waals surface area contributed by atoms with E-state index < -0.39 is 0 Å². The van der Waals surface area contributed by atoms with Gasteiger partial charge >= 0.3 is 0 Å². The Hall–Kier alpha value is -7.86. The molecule has 5 nitrogen and oxygen atoms in total. The summed E-state index contributed by atoms with van der Waals surface area (Å²) < 4.78 is 6.96. The Bertz CT molecular complexity index is 3360. The number of hydrogen-bond acceptors (Lipinski definition) is 2. The number of nitrogens with zero attached hydrogens (tertiary/aromatic N) is 5. The topological polar surface area (TPSA) is 62.4 Å². The maximum Gasteiger partial charge on any atom is 0.0992 e. The molecule has 3 aromatic heterocycles. The zero-order valence-electron chi connectivity index (χ0n) is 29.5. The van der Waals surface area contributed by atoms with E-state index in [0.29, 0.717) is 11.1 Å². The Kier molecular flexibility index (Phi) is 6.61. The Morgan fingerprint density at radius 1 is 0.345 bits per heavy atom. The summed E-state index contributed by atoms with van der Waals surface area (Å²) in [7, 11) is 0. The molecular weight excluding hydrogens is 671 g/mol. The molecule has 0 aliphatic carbocycles. The Morgan fingerprint density at radius 3 is 1.44 bits per heavy atom. The minimum atomic E-state index is 0.558. The van der Waals surface area contributed by atoms with E-state index in [9.17, 15) is 10.5 Å². The molecule has 0 aliphatic heterocycles. The van der Waals surface area contributed by atoms with Crippen LogP contribution in [0.5, 0.6) is 0 Å². The second kappa shape index (κ2) is 11.8. The van der Waals surface area contributed by atoms with Crippen LogP contribution in [0.15, 0.2) is 176 Å². The maximum absolute atomic E-state index is 10.6. The molecule has 0 saturated heterocycles. The summed E-state index contributed by atoms with van der Waals surface area (Å²) >= 11 is 0. The van der Waals surface area contributed by atoms with Crippen molar-refractivity contribution in [1.29, 1.82) is 10.5 Å². The first-order chi connectivity index (χ1) is 27.2. The van der Waals surface area contributed by atoms with Crippen molar-refractivity contribution in [1.82, 2.24) is 13.7 Å². The standard InChI is InChI=1S/C50H29N5/c51-30-32-24-25-48-42(28-32)41-17-11-23-49(55-46-21-9-4-15-39(46)40-16-5-10-22-47(40)55)50(41)53(48)35-27-33(31-52)26-34(29-35)36-12-1-6-18-43(36)54-44-19-7-2-13-37(44)38-14-3-8-20-45(38)54/h1-29H. The molecule has 11 aromatic rings. The minimum Gasteiger partial charge on any atom is -0.309 e. The summed E-state index contributed by atoms with van der Waals surface area (Å²) in [4.78, 5) is 0. The number of fused-ring (bicyclic) bond motifs is 9. The van der Waals surface area contributed by atoms with Crippen LogP contribution in [-0.2, 0) is 0 Å². The van der Waals surface area contributed by atoms with Gasteiger partial charge in [-0.1, -0.05) is 103 Å². The summed E-state index contributed by atoms with van der Waals surface area (Å²) in [6, 6.07) is 65.9. The molecule has 0 saturated carbocycles. The van der Waals surface area contributed by atoms with Gasteiger partial charge in [0, 0.05) is 43.6 Å². The molecule has 0 N–H and O–H groups in total. The lowest BCUT2D eigenvalue weighted by atomic mass is 10.00. The van der Waals surface area contributed by atoms with Crippen LogP contribution in [0, 0.1) is 22.7 Å². The Labute approximate surface area is 316 Å². The van der Waals surface area contributed by atoms with Crippen LogP contribution in [0.4, 0.5) is 0 Å². The lowest BCUT2D eigenvalue weighted by Gasteiger charge is -2.17. The number of para-hydroxylation sites is 6. The van der Waals surface area contributed by atoms with E-state index in [2.05, 4.69) is 171 Å². The first-order valence-electron chi connectivity index (χ1n) is 18.3. The van der Waals surface area contributed by atoms with Crippen molar-refractivity contribution in [3.8, 4) is 40.3 Å². The fourth-order valence-electron chi connectivity index (χ4n) is 8.81. The highest BCUT2D eigenvalue weighted by Crippen LogP contribution is 2.42. The molecule has 0 unspecified atom stereocenters. The smallest absolute Gasteiger partial charge is 0.0992 e. The van der Waals surface area contributed by atoms with Gasteiger partial charge in [-0.2, -0.15) is 10.5 Å². The molecule has 11 rings (SSSR count). The van der Waals surface area contributed by atoms with Crippen molar-refractivity contribution in [3.63, 3.8) is 0 Å². The van der Waals surface area contributed by atoms with Crippen molar-refractivity contribution in [2.75, 3.05) is 0 Å². The van der Waals surface area contributed by atoms with Gasteiger partial charge in [-0.05, 0) is 78.4 Å². The molecule has 0 spiro atoms. The lowest BCUT2D eigenvalue weighted by Crippen LogP contribution is -2.02. The first-order valence-corrected chi connectivity index (χ1v) is 18.3. The second-order valence-corrected chi connectivity index (χ2v) is 14.0. The van der Waals surface area contributed by atoms with Crippen molar-refractivity contribution < 1.29 is 0 Å². The first kappa shape index (κ1) is 30.7. The predicted octanol–water partition coefficient (Wildman–Crippen LogP) is 12.4. The second-order valence-electron chi connectivity index (χ2n) is 14.0. The number of hydrogen-bond donors (Lipinski definition) is 0. The van der Waals surface area contributed by atoms with E-state index >= 15 is 0 Å². The van der Waals surface area contributed by atoms with E-state index in [1.165, 1.54) is 21.5 Å². The van der Waals surface area contributed by atoms with Crippen molar-refractivity contribution in [3.05, 3.63) is 187 Å². The van der Waals surface area contributed by atoms with E-state index in [1.807, 2.05) is 30.3 Å². The summed E-state index contributed by atoms with van der Waals surface area (Å²) in [5, 5.41) is 27.4. The summed E-state index contributed by atoms with van der Waals surface area (Å²) in [6.07, 6.45) is 0. The summed E-state index contributed by atoms with van der Waals surface area (Å²) in [5.41, 5.74) is 12.4. The van der Waals surface area contributed by atoms with Crippen molar-refractivity contribution in [2.24, 2.45) is 0 Å². The normalized spacial score (nSPS) is 11.6. The SMILES string of the molecule is N#Cc1cc(-c2ccccc2-n2c3ccccc3c3ccccc32)cc(-n2c3ccc(C#N)cc3c3cccc(-n4c5ccccc5c5ccccc54)c32)c1. The molecule has 0 bridgehead atoms. The van der Waals surface area contributed by atoms with Crippen LogP contribution in [0.25, 0.3) is 93.6 Å². The van der Waals surface area contributed by atoms with Gasteiger partial charge < -0.3 is 13.7 Å². The van der Waals surface area contributed by atoms with E-state index in [0.717, 1.165) is 72.1 Å². The summed E-state index contributed by atoms with van der Waals surface area (Å²) in [6.45, 7) is 0. The highest BCUT2D eigenvalue weighted by Gasteiger charge is 2.22. The van der Waals surface area contributed by atoms with Crippen molar-refractivity contribution >= 4 is 65.4 Å². The van der Waals surface area contributed by atoms with Crippen LogP contribution in [0.2, 0.25) is 0 Å². The zero-order chi connectivity index (χ0) is 36.6. The van der Waals surface area contributed by atoms with E-state index in [1.54, 1.807) is 0 Å². The van der Waals surface area contributed by atoms with Gasteiger partial charge in [-0.3, -0.25) is 0 Å². The summed E-state index contributed by atoms with van der Waals surface area (Å²) in [5.74, 6) is 0. The van der Waals surface area contributed by atoms with Gasteiger partial charge in [-0.15, -0.1) is 0 Å². The zero-order valence-corrected chi connectivity index (χ0v) is 29.5. The molecule has 0 aliphatic rings. The molecule has 5 heteroatoms. The fraction of sp³-hybridized carbons (Fsp3) is 0. The minimum absolute atomic E-state index is 0.558. The maximum atomic E-state index is 10.6. The van der Waals surface area contributed by atoms with Gasteiger partial charge in [-0.25, -0.2) is 0 Å². The van der Waals surface area contributed by atoms with Crippen LogP contribution < -0.4 is 0 Å². The van der Waals surface area contributed by atoms with Gasteiger partial charge in [0.2, 0.25) is 0 Å². The third-order valence-electron chi connectivity index (χ3n) is 11.1. The van der Waals surface area contributed by atoms with E-state index in [4.69, 9.17) is 0 Å². The van der Waals surface area contributed by atoms with Gasteiger partial charge in [0.15, 0.2) is 0 Å². The molecule has 254 valence electrons. The molecule has 0 atom stereocenters. The highest BCUT2D eigenvalue weighted by molar-refractivity contribution is 6.15. The molecule has 8 aromatic carbocycles. The molecule has 0 fully saturated rings. The van der Waals surface area contributed by atoms with Gasteiger partial charge in [0.25, 0.3) is 0 Å². The third kappa shape index (κ3) is 4.45. The molecule has 0 amide bonds. The number of aromatic nitrogens is 3. The monoisotopic (exact) mass is 699 g/mol. The van der Waals surface area contributed by atoms with Crippen LogP contribution in [0.1, 0.15) is 11.1 Å². The van der Waals surface area contributed by atoms with E-state index in [-0.39, 0.29) is 0 Å². The Balaban J connectivity index is 1.24.